The van der Waals surface area contributed by atoms with Gasteiger partial charge < -0.3 is 20.4 Å². The second-order valence-electron chi connectivity index (χ2n) is 13.0. The van der Waals surface area contributed by atoms with Gasteiger partial charge in [-0.05, 0) is 113 Å². The largest absolute Gasteiger partial charge is 0.507 e. The van der Waals surface area contributed by atoms with Crippen LogP contribution in [0.5, 0.6) is 11.5 Å². The van der Waals surface area contributed by atoms with Gasteiger partial charge in [0.2, 0.25) is 0 Å². The highest BCUT2D eigenvalue weighted by Gasteiger charge is 2.28. The topological polar surface area (TPSA) is 115 Å². The third kappa shape index (κ3) is 5.72. The number of carboxylic acids is 2. The number of benzene rings is 3. The maximum Gasteiger partial charge on any atom is 0.336 e. The Labute approximate surface area is 237 Å². The third-order valence-corrected chi connectivity index (χ3v) is 7.99. The molecule has 0 aromatic heterocycles. The summed E-state index contributed by atoms with van der Waals surface area (Å²) in [6.45, 7) is 19.7. The molecule has 0 aliphatic rings. The number of carboxylic acid groups (broad SMARTS) is 2. The minimum Gasteiger partial charge on any atom is -0.507 e. The van der Waals surface area contributed by atoms with Crippen LogP contribution in [0.15, 0.2) is 24.3 Å². The van der Waals surface area contributed by atoms with Crippen molar-refractivity contribution in [2.75, 3.05) is 0 Å². The van der Waals surface area contributed by atoms with Gasteiger partial charge in [-0.1, -0.05) is 59.7 Å². The summed E-state index contributed by atoms with van der Waals surface area (Å²) in [5, 5.41) is 42.3. The Balaban J connectivity index is 2.31. The van der Waals surface area contributed by atoms with Crippen molar-refractivity contribution in [3.63, 3.8) is 0 Å². The Morgan fingerprint density at radius 2 is 1.07 bits per heavy atom. The van der Waals surface area contributed by atoms with Gasteiger partial charge in [0.1, 0.15) is 11.5 Å². The van der Waals surface area contributed by atoms with E-state index in [1.54, 1.807) is 6.07 Å². The Bertz CT molecular complexity index is 1510. The number of hydrogen-bond donors (Lipinski definition) is 4. The molecule has 0 amide bonds. The van der Waals surface area contributed by atoms with Crippen LogP contribution in [0.25, 0.3) is 0 Å². The Morgan fingerprint density at radius 3 is 1.45 bits per heavy atom. The lowest BCUT2D eigenvalue weighted by atomic mass is 9.79. The molecule has 0 heterocycles. The summed E-state index contributed by atoms with van der Waals surface area (Å²) in [5.41, 5.74) is 6.43. The summed E-state index contributed by atoms with van der Waals surface area (Å²) in [4.78, 5) is 24.6. The van der Waals surface area contributed by atoms with Crippen LogP contribution in [0.4, 0.5) is 0 Å². The SMILES string of the molecule is Cc1cc(C(C)(C)C)c(O)c(C)c1Cc1ccc(C(=O)O)c(C(=O)O)c1Cc1c(C)cc(C(C)(C)C)c(O)c1C. The number of hydrogen-bond acceptors (Lipinski definition) is 4. The summed E-state index contributed by atoms with van der Waals surface area (Å²) < 4.78 is 0. The molecule has 0 aliphatic carbocycles. The molecule has 0 aliphatic heterocycles. The number of carbonyl (C=O) groups is 2. The maximum absolute atomic E-state index is 12.6. The van der Waals surface area contributed by atoms with E-state index < -0.39 is 11.9 Å². The summed E-state index contributed by atoms with van der Waals surface area (Å²) in [5.74, 6) is -2.26. The van der Waals surface area contributed by atoms with E-state index in [0.717, 1.165) is 38.9 Å². The number of aromatic hydroxyl groups is 2. The molecule has 0 spiro atoms. The van der Waals surface area contributed by atoms with Crippen molar-refractivity contribution >= 4 is 11.9 Å². The van der Waals surface area contributed by atoms with Gasteiger partial charge in [-0.2, -0.15) is 0 Å². The van der Waals surface area contributed by atoms with E-state index in [4.69, 9.17) is 0 Å². The fourth-order valence-corrected chi connectivity index (χ4v) is 5.56. The summed E-state index contributed by atoms with van der Waals surface area (Å²) in [6, 6.07) is 6.92. The first-order valence-electron chi connectivity index (χ1n) is 13.5. The second-order valence-corrected chi connectivity index (χ2v) is 13.0. The zero-order valence-electron chi connectivity index (χ0n) is 25.3. The fourth-order valence-electron chi connectivity index (χ4n) is 5.56. The minimum atomic E-state index is -1.32. The number of phenols is 2. The molecule has 214 valence electrons. The highest BCUT2D eigenvalue weighted by Crippen LogP contribution is 2.40. The molecule has 4 N–H and O–H groups in total. The maximum atomic E-state index is 12.6. The first-order valence-corrected chi connectivity index (χ1v) is 13.5. The molecule has 3 aromatic rings. The van der Waals surface area contributed by atoms with Crippen LogP contribution in [0, 0.1) is 27.7 Å². The molecule has 0 bridgehead atoms. The molecule has 3 rings (SSSR count). The number of aromatic carboxylic acids is 2. The monoisotopic (exact) mass is 546 g/mol. The van der Waals surface area contributed by atoms with Gasteiger partial charge >= 0.3 is 11.9 Å². The number of phenolic OH excluding ortho intramolecular Hbond substituents is 2. The van der Waals surface area contributed by atoms with Crippen molar-refractivity contribution in [3.05, 3.63) is 91.0 Å². The normalized spacial score (nSPS) is 12.1. The van der Waals surface area contributed by atoms with E-state index in [2.05, 4.69) is 0 Å². The van der Waals surface area contributed by atoms with Crippen molar-refractivity contribution in [1.82, 2.24) is 0 Å². The van der Waals surface area contributed by atoms with Gasteiger partial charge in [-0.15, -0.1) is 0 Å². The first-order chi connectivity index (χ1) is 18.3. The lowest BCUT2D eigenvalue weighted by molar-refractivity contribution is 0.0650. The van der Waals surface area contributed by atoms with Crippen LogP contribution in [0.3, 0.4) is 0 Å². The van der Waals surface area contributed by atoms with Crippen molar-refractivity contribution in [2.24, 2.45) is 0 Å². The average Bonchev–Trinajstić information content (AvgIpc) is 2.82. The van der Waals surface area contributed by atoms with E-state index >= 15 is 0 Å². The van der Waals surface area contributed by atoms with Gasteiger partial charge in [-0.3, -0.25) is 0 Å². The van der Waals surface area contributed by atoms with Crippen molar-refractivity contribution in [2.45, 2.75) is 92.9 Å². The first kappa shape index (κ1) is 30.7. The van der Waals surface area contributed by atoms with Gasteiger partial charge in [0.15, 0.2) is 0 Å². The molecule has 6 heteroatoms. The molecule has 0 fully saturated rings. The molecule has 0 radical (unpaired) electrons. The molecule has 0 saturated heterocycles. The molecule has 6 nitrogen and oxygen atoms in total. The van der Waals surface area contributed by atoms with Crippen LogP contribution in [0.1, 0.15) is 118 Å². The lowest BCUT2D eigenvalue weighted by Gasteiger charge is -2.26. The Kier molecular flexibility index (Phi) is 8.18. The van der Waals surface area contributed by atoms with Gasteiger partial charge in [0.25, 0.3) is 0 Å². The summed E-state index contributed by atoms with van der Waals surface area (Å²) >= 11 is 0. The minimum absolute atomic E-state index is 0.137. The predicted octanol–water partition coefficient (Wildman–Crippen LogP) is 7.50. The van der Waals surface area contributed by atoms with Crippen LogP contribution in [-0.4, -0.2) is 32.4 Å². The van der Waals surface area contributed by atoms with Crippen LogP contribution >= 0.6 is 0 Å². The molecular formula is C34H42O6. The molecule has 3 aromatic carbocycles. The van der Waals surface area contributed by atoms with Crippen molar-refractivity contribution < 1.29 is 30.0 Å². The second kappa shape index (κ2) is 10.6. The Hall–Kier alpha value is -3.80. The highest BCUT2D eigenvalue weighted by molar-refractivity contribution is 6.03. The smallest absolute Gasteiger partial charge is 0.336 e. The zero-order chi connectivity index (χ0) is 30.5. The van der Waals surface area contributed by atoms with E-state index in [1.165, 1.54) is 6.07 Å². The van der Waals surface area contributed by atoms with Crippen LogP contribution < -0.4 is 0 Å². The highest BCUT2D eigenvalue weighted by atomic mass is 16.4. The van der Waals surface area contributed by atoms with Gasteiger partial charge in [0, 0.05) is 0 Å². The fraction of sp³-hybridized carbons (Fsp3) is 0.412. The average molecular weight is 547 g/mol. The molecular weight excluding hydrogens is 504 g/mol. The van der Waals surface area contributed by atoms with E-state index in [9.17, 15) is 30.0 Å². The van der Waals surface area contributed by atoms with E-state index in [0.29, 0.717) is 23.1 Å². The number of aryl methyl sites for hydroxylation is 2. The standard InChI is InChI=1S/C34H42O6/c1-17-13-26(33(5,6)7)29(35)19(3)23(17)15-21-11-12-22(31(37)38)28(32(39)40)25(21)16-24-18(2)14-27(34(8,9)10)30(36)20(24)4/h11-14,35-36H,15-16H2,1-10H3,(H,37,38)(H,39,40). The molecule has 0 saturated carbocycles. The van der Waals surface area contributed by atoms with Gasteiger partial charge in [-0.25, -0.2) is 9.59 Å². The number of rotatable bonds is 6. The Morgan fingerprint density at radius 1 is 0.650 bits per heavy atom. The zero-order valence-corrected chi connectivity index (χ0v) is 25.3. The van der Waals surface area contributed by atoms with Crippen molar-refractivity contribution in [3.8, 4) is 11.5 Å². The van der Waals surface area contributed by atoms with E-state index in [-0.39, 0.29) is 39.9 Å². The summed E-state index contributed by atoms with van der Waals surface area (Å²) in [6.07, 6.45) is 0.452. The predicted molar refractivity (Wildman–Crippen MR) is 159 cm³/mol. The third-order valence-electron chi connectivity index (χ3n) is 7.99. The van der Waals surface area contributed by atoms with Gasteiger partial charge in [0.05, 0.1) is 11.1 Å². The molecule has 0 unspecified atom stereocenters. The van der Waals surface area contributed by atoms with Crippen LogP contribution in [0.2, 0.25) is 0 Å². The molecule has 40 heavy (non-hydrogen) atoms. The lowest BCUT2D eigenvalue weighted by Crippen LogP contribution is -2.17. The summed E-state index contributed by atoms with van der Waals surface area (Å²) in [7, 11) is 0. The quantitative estimate of drug-likeness (QED) is 0.254. The van der Waals surface area contributed by atoms with Crippen molar-refractivity contribution in [1.29, 1.82) is 0 Å². The van der Waals surface area contributed by atoms with E-state index in [1.807, 2.05) is 81.4 Å². The molecule has 0 atom stereocenters. The van der Waals surface area contributed by atoms with Crippen LogP contribution in [-0.2, 0) is 23.7 Å².